The second-order valence-electron chi connectivity index (χ2n) is 4.92. The molecule has 0 radical (unpaired) electrons. The first-order chi connectivity index (χ1) is 8.65. The van der Waals surface area contributed by atoms with Crippen molar-refractivity contribution < 1.29 is 9.13 Å². The van der Waals surface area contributed by atoms with Crippen LogP contribution in [0.4, 0.5) is 4.39 Å². The molecule has 1 saturated heterocycles. The maximum absolute atomic E-state index is 13.0. The molecule has 2 nitrogen and oxygen atoms in total. The van der Waals surface area contributed by atoms with E-state index >= 15 is 0 Å². The molecule has 4 heteroatoms. The highest BCUT2D eigenvalue weighted by molar-refractivity contribution is 9.10. The summed E-state index contributed by atoms with van der Waals surface area (Å²) in [6.07, 6.45) is 3.94. The molecule has 1 aliphatic rings. The van der Waals surface area contributed by atoms with Gasteiger partial charge < -0.3 is 4.74 Å². The Kier molecular flexibility index (Phi) is 5.15. The van der Waals surface area contributed by atoms with Crippen molar-refractivity contribution in [1.29, 1.82) is 0 Å². The van der Waals surface area contributed by atoms with Gasteiger partial charge >= 0.3 is 0 Å². The highest BCUT2D eigenvalue weighted by Gasteiger charge is 2.16. The van der Waals surface area contributed by atoms with Crippen LogP contribution in [0.5, 0.6) is 0 Å². The van der Waals surface area contributed by atoms with Crippen LogP contribution in [0.15, 0.2) is 22.7 Å². The average molecular weight is 316 g/mol. The summed E-state index contributed by atoms with van der Waals surface area (Å²) in [6.45, 7) is 2.63. The molecular weight excluding hydrogens is 297 g/mol. The molecule has 1 heterocycles. The quantitative estimate of drug-likeness (QED) is 0.842. The van der Waals surface area contributed by atoms with E-state index in [0.29, 0.717) is 6.10 Å². The molecule has 1 aromatic carbocycles. The Morgan fingerprint density at radius 3 is 2.94 bits per heavy atom. The summed E-state index contributed by atoms with van der Waals surface area (Å²) in [6, 6.07) is 4.85. The largest absolute Gasteiger partial charge is 0.377 e. The lowest BCUT2D eigenvalue weighted by molar-refractivity contribution is -0.00262. The normalized spacial score (nSPS) is 20.3. The minimum atomic E-state index is -0.205. The molecule has 1 aromatic rings. The summed E-state index contributed by atoms with van der Waals surface area (Å²) in [5.41, 5.74) is 1.11. The van der Waals surface area contributed by atoms with Crippen molar-refractivity contribution >= 4 is 15.9 Å². The number of nitrogens with zero attached hydrogens (tertiary/aromatic N) is 1. The van der Waals surface area contributed by atoms with Gasteiger partial charge in [-0.2, -0.15) is 0 Å². The zero-order chi connectivity index (χ0) is 13.0. The second-order valence-corrected chi connectivity index (χ2v) is 5.78. The van der Waals surface area contributed by atoms with Gasteiger partial charge in [-0.15, -0.1) is 0 Å². The first-order valence-corrected chi connectivity index (χ1v) is 7.18. The Morgan fingerprint density at radius 2 is 2.28 bits per heavy atom. The molecule has 0 N–H and O–H groups in total. The van der Waals surface area contributed by atoms with E-state index in [1.165, 1.54) is 25.0 Å². The Hall–Kier alpha value is -0.450. The van der Waals surface area contributed by atoms with E-state index < -0.39 is 0 Å². The zero-order valence-corrected chi connectivity index (χ0v) is 12.2. The van der Waals surface area contributed by atoms with Crippen molar-refractivity contribution in [3.63, 3.8) is 0 Å². The van der Waals surface area contributed by atoms with Gasteiger partial charge in [0, 0.05) is 24.2 Å². The fourth-order valence-corrected chi connectivity index (χ4v) is 2.78. The van der Waals surface area contributed by atoms with Gasteiger partial charge in [-0.1, -0.05) is 22.0 Å². The second kappa shape index (κ2) is 6.64. The molecule has 2 rings (SSSR count). The fraction of sp³-hybridized carbons (Fsp3) is 0.571. The molecule has 18 heavy (non-hydrogen) atoms. The minimum absolute atomic E-state index is 0.205. The van der Waals surface area contributed by atoms with Crippen LogP contribution in [0, 0.1) is 5.82 Å². The average Bonchev–Trinajstić information content (AvgIpc) is 2.34. The first-order valence-electron chi connectivity index (χ1n) is 6.39. The summed E-state index contributed by atoms with van der Waals surface area (Å²) in [7, 11) is 2.08. The van der Waals surface area contributed by atoms with Gasteiger partial charge in [0.05, 0.1) is 6.10 Å². The van der Waals surface area contributed by atoms with Crippen molar-refractivity contribution in [2.24, 2.45) is 0 Å². The third-order valence-corrected chi connectivity index (χ3v) is 3.98. The van der Waals surface area contributed by atoms with E-state index in [-0.39, 0.29) is 5.82 Å². The van der Waals surface area contributed by atoms with Crippen LogP contribution in [0.2, 0.25) is 0 Å². The van der Waals surface area contributed by atoms with E-state index in [1.807, 2.05) is 6.07 Å². The Bertz CT molecular complexity index is 393. The maximum Gasteiger partial charge on any atom is 0.124 e. The Morgan fingerprint density at radius 1 is 1.44 bits per heavy atom. The molecule has 0 spiro atoms. The standard InChI is InChI=1S/C14H19BrFNO/c1-17(10-13-4-2-3-7-18-13)9-11-5-6-12(16)8-14(11)15/h5-6,8,13H,2-4,7,9-10H2,1H3. The lowest BCUT2D eigenvalue weighted by atomic mass is 10.1. The van der Waals surface area contributed by atoms with Crippen molar-refractivity contribution in [2.45, 2.75) is 31.9 Å². The summed E-state index contributed by atoms with van der Waals surface area (Å²) in [5, 5.41) is 0. The number of ether oxygens (including phenoxy) is 1. The molecule has 1 unspecified atom stereocenters. The van der Waals surface area contributed by atoms with Crippen molar-refractivity contribution in [2.75, 3.05) is 20.2 Å². The maximum atomic E-state index is 13.0. The van der Waals surface area contributed by atoms with Gasteiger partial charge in [-0.05, 0) is 44.0 Å². The van der Waals surface area contributed by atoms with Crippen LogP contribution in [-0.4, -0.2) is 31.2 Å². The van der Waals surface area contributed by atoms with Gasteiger partial charge in [-0.25, -0.2) is 4.39 Å². The molecule has 1 fully saturated rings. The SMILES string of the molecule is CN(Cc1ccc(F)cc1Br)CC1CCCCO1. The lowest BCUT2D eigenvalue weighted by Gasteiger charge is -2.27. The van der Waals surface area contributed by atoms with Crippen LogP contribution in [0.25, 0.3) is 0 Å². The number of halogens is 2. The number of rotatable bonds is 4. The summed E-state index contributed by atoms with van der Waals surface area (Å²) < 4.78 is 19.5. The van der Waals surface area contributed by atoms with Crippen LogP contribution in [-0.2, 0) is 11.3 Å². The van der Waals surface area contributed by atoms with Crippen molar-refractivity contribution in [3.05, 3.63) is 34.1 Å². The Balaban J connectivity index is 1.87. The van der Waals surface area contributed by atoms with Gasteiger partial charge in [-0.3, -0.25) is 4.90 Å². The van der Waals surface area contributed by atoms with E-state index in [9.17, 15) is 4.39 Å². The topological polar surface area (TPSA) is 12.5 Å². The van der Waals surface area contributed by atoms with Gasteiger partial charge in [0.1, 0.15) is 5.82 Å². The van der Waals surface area contributed by atoms with Crippen LogP contribution < -0.4 is 0 Å². The predicted octanol–water partition coefficient (Wildman–Crippen LogP) is 3.59. The Labute approximate surface area is 116 Å². The molecule has 0 amide bonds. The lowest BCUT2D eigenvalue weighted by Crippen LogP contribution is -2.33. The summed E-state index contributed by atoms with van der Waals surface area (Å²) in [4.78, 5) is 2.23. The third kappa shape index (κ3) is 4.04. The smallest absolute Gasteiger partial charge is 0.124 e. The molecule has 1 aliphatic heterocycles. The summed E-state index contributed by atoms with van der Waals surface area (Å²) in [5.74, 6) is -0.205. The third-order valence-electron chi connectivity index (χ3n) is 3.24. The van der Waals surface area contributed by atoms with Gasteiger partial charge in [0.15, 0.2) is 0 Å². The van der Waals surface area contributed by atoms with E-state index in [2.05, 4.69) is 27.9 Å². The van der Waals surface area contributed by atoms with Gasteiger partial charge in [0.2, 0.25) is 0 Å². The molecule has 100 valence electrons. The zero-order valence-electron chi connectivity index (χ0n) is 10.7. The molecule has 0 aliphatic carbocycles. The number of hydrogen-bond acceptors (Lipinski definition) is 2. The monoisotopic (exact) mass is 315 g/mol. The number of likely N-dealkylation sites (N-methyl/N-ethyl adjacent to an activating group) is 1. The van der Waals surface area contributed by atoms with Crippen LogP contribution >= 0.6 is 15.9 Å². The van der Waals surface area contributed by atoms with E-state index in [1.54, 1.807) is 0 Å². The molecule has 1 atom stereocenters. The number of benzene rings is 1. The first kappa shape index (κ1) is 14.0. The van der Waals surface area contributed by atoms with E-state index in [4.69, 9.17) is 4.74 Å². The van der Waals surface area contributed by atoms with Gasteiger partial charge in [0.25, 0.3) is 0 Å². The highest BCUT2D eigenvalue weighted by atomic mass is 79.9. The molecular formula is C14H19BrFNO. The number of hydrogen-bond donors (Lipinski definition) is 0. The highest BCUT2D eigenvalue weighted by Crippen LogP contribution is 2.20. The minimum Gasteiger partial charge on any atom is -0.377 e. The van der Waals surface area contributed by atoms with Crippen molar-refractivity contribution in [1.82, 2.24) is 4.90 Å². The summed E-state index contributed by atoms with van der Waals surface area (Å²) >= 11 is 3.40. The predicted molar refractivity (Wildman–Crippen MR) is 74.0 cm³/mol. The van der Waals surface area contributed by atoms with Crippen LogP contribution in [0.1, 0.15) is 24.8 Å². The van der Waals surface area contributed by atoms with E-state index in [0.717, 1.165) is 36.2 Å². The van der Waals surface area contributed by atoms with Crippen LogP contribution in [0.3, 0.4) is 0 Å². The van der Waals surface area contributed by atoms with Crippen molar-refractivity contribution in [3.8, 4) is 0 Å². The molecule has 0 saturated carbocycles. The molecule has 0 aromatic heterocycles. The fourth-order valence-electron chi connectivity index (χ4n) is 2.30. The molecule has 0 bridgehead atoms.